The minimum atomic E-state index is 0.474. The van der Waals surface area contributed by atoms with Gasteiger partial charge in [-0.1, -0.05) is 50.2 Å². The SMILES string of the molecule is CC(C)c1ccccc1NC(=S)N1CCc2ccccc21. The van der Waals surface area contributed by atoms with E-state index in [-0.39, 0.29) is 0 Å². The molecule has 21 heavy (non-hydrogen) atoms. The van der Waals surface area contributed by atoms with Gasteiger partial charge in [-0.2, -0.15) is 0 Å². The Morgan fingerprint density at radius 1 is 1.10 bits per heavy atom. The van der Waals surface area contributed by atoms with Crippen molar-refractivity contribution in [2.45, 2.75) is 26.2 Å². The average molecular weight is 296 g/mol. The first kappa shape index (κ1) is 14.1. The predicted molar refractivity (Wildman–Crippen MR) is 94.2 cm³/mol. The maximum Gasteiger partial charge on any atom is 0.177 e. The normalized spacial score (nSPS) is 13.4. The van der Waals surface area contributed by atoms with Crippen LogP contribution in [0.15, 0.2) is 48.5 Å². The predicted octanol–water partition coefficient (Wildman–Crippen LogP) is 4.57. The Hall–Kier alpha value is -1.87. The van der Waals surface area contributed by atoms with Gasteiger partial charge in [0.25, 0.3) is 0 Å². The Kier molecular flexibility index (Phi) is 3.93. The summed E-state index contributed by atoms with van der Waals surface area (Å²) in [6.45, 7) is 5.36. The second-order valence-electron chi connectivity index (χ2n) is 5.70. The van der Waals surface area contributed by atoms with Gasteiger partial charge in [0.05, 0.1) is 0 Å². The third kappa shape index (κ3) is 2.79. The molecule has 3 rings (SSSR count). The molecule has 0 spiro atoms. The summed E-state index contributed by atoms with van der Waals surface area (Å²) in [6.07, 6.45) is 1.06. The molecule has 0 saturated heterocycles. The van der Waals surface area contributed by atoms with Crippen molar-refractivity contribution in [2.75, 3.05) is 16.8 Å². The maximum absolute atomic E-state index is 5.63. The molecule has 0 atom stereocenters. The highest BCUT2D eigenvalue weighted by atomic mass is 32.1. The highest BCUT2D eigenvalue weighted by molar-refractivity contribution is 7.80. The third-order valence-corrected chi connectivity index (χ3v) is 4.28. The highest BCUT2D eigenvalue weighted by Crippen LogP contribution is 2.29. The minimum Gasteiger partial charge on any atom is -0.332 e. The summed E-state index contributed by atoms with van der Waals surface area (Å²) in [5.74, 6) is 0.474. The Balaban J connectivity index is 1.82. The summed E-state index contributed by atoms with van der Waals surface area (Å²) in [5, 5.41) is 4.22. The summed E-state index contributed by atoms with van der Waals surface area (Å²) in [7, 11) is 0. The molecule has 1 aliphatic heterocycles. The molecular formula is C18H20N2S. The zero-order valence-electron chi connectivity index (χ0n) is 12.5. The van der Waals surface area contributed by atoms with Crippen LogP contribution in [0.4, 0.5) is 11.4 Å². The van der Waals surface area contributed by atoms with Crippen LogP contribution >= 0.6 is 12.2 Å². The van der Waals surface area contributed by atoms with Crippen LogP contribution in [0, 0.1) is 0 Å². The van der Waals surface area contributed by atoms with E-state index in [4.69, 9.17) is 12.2 Å². The van der Waals surface area contributed by atoms with Crippen LogP contribution in [0.3, 0.4) is 0 Å². The van der Waals surface area contributed by atoms with Gasteiger partial charge < -0.3 is 10.2 Å². The van der Waals surface area contributed by atoms with Gasteiger partial charge in [-0.3, -0.25) is 0 Å². The van der Waals surface area contributed by atoms with E-state index in [2.05, 4.69) is 72.6 Å². The Morgan fingerprint density at radius 3 is 2.62 bits per heavy atom. The molecule has 0 aliphatic carbocycles. The first-order valence-corrected chi connectivity index (χ1v) is 7.83. The van der Waals surface area contributed by atoms with Crippen LogP contribution in [0.5, 0.6) is 0 Å². The summed E-state index contributed by atoms with van der Waals surface area (Å²) >= 11 is 5.63. The monoisotopic (exact) mass is 296 g/mol. The van der Waals surface area contributed by atoms with Crippen LogP contribution in [-0.2, 0) is 6.42 Å². The molecule has 3 heteroatoms. The fourth-order valence-electron chi connectivity index (χ4n) is 2.85. The average Bonchev–Trinajstić information content (AvgIpc) is 2.91. The van der Waals surface area contributed by atoms with Crippen LogP contribution < -0.4 is 10.2 Å². The molecule has 2 aromatic carbocycles. The summed E-state index contributed by atoms with van der Waals surface area (Å²) in [5.41, 5.74) is 5.02. The molecule has 1 aliphatic rings. The third-order valence-electron chi connectivity index (χ3n) is 3.96. The number of anilines is 2. The van der Waals surface area contributed by atoms with Crippen LogP contribution in [0.2, 0.25) is 0 Å². The molecular weight excluding hydrogens is 276 g/mol. The lowest BCUT2D eigenvalue weighted by Gasteiger charge is -2.23. The number of hydrogen-bond acceptors (Lipinski definition) is 1. The van der Waals surface area contributed by atoms with E-state index in [0.717, 1.165) is 23.8 Å². The van der Waals surface area contributed by atoms with E-state index >= 15 is 0 Å². The van der Waals surface area contributed by atoms with E-state index in [9.17, 15) is 0 Å². The van der Waals surface area contributed by atoms with Crippen molar-refractivity contribution in [2.24, 2.45) is 0 Å². The lowest BCUT2D eigenvalue weighted by Crippen LogP contribution is -2.33. The number of thiocarbonyl (C=S) groups is 1. The van der Waals surface area contributed by atoms with Crippen molar-refractivity contribution in [3.63, 3.8) is 0 Å². The molecule has 1 N–H and O–H groups in total. The van der Waals surface area contributed by atoms with Gasteiger partial charge >= 0.3 is 0 Å². The molecule has 2 aromatic rings. The van der Waals surface area contributed by atoms with E-state index in [1.165, 1.54) is 16.8 Å². The molecule has 108 valence electrons. The van der Waals surface area contributed by atoms with Gasteiger partial charge in [0.2, 0.25) is 0 Å². The molecule has 1 heterocycles. The molecule has 0 radical (unpaired) electrons. The summed E-state index contributed by atoms with van der Waals surface area (Å²) < 4.78 is 0. The lowest BCUT2D eigenvalue weighted by atomic mass is 10.0. The van der Waals surface area contributed by atoms with Gasteiger partial charge in [-0.05, 0) is 47.8 Å². The van der Waals surface area contributed by atoms with Gasteiger partial charge in [-0.15, -0.1) is 0 Å². The molecule has 0 saturated carbocycles. The van der Waals surface area contributed by atoms with Gasteiger partial charge in [0.15, 0.2) is 5.11 Å². The van der Waals surface area contributed by atoms with E-state index in [1.807, 2.05) is 0 Å². The maximum atomic E-state index is 5.63. The van der Waals surface area contributed by atoms with Crippen molar-refractivity contribution < 1.29 is 0 Å². The Bertz CT molecular complexity index is 664. The first-order valence-electron chi connectivity index (χ1n) is 7.42. The van der Waals surface area contributed by atoms with Gasteiger partial charge in [0, 0.05) is 17.9 Å². The Labute approximate surface area is 131 Å². The highest BCUT2D eigenvalue weighted by Gasteiger charge is 2.22. The number of fused-ring (bicyclic) bond motifs is 1. The van der Waals surface area contributed by atoms with E-state index < -0.39 is 0 Å². The molecule has 0 amide bonds. The van der Waals surface area contributed by atoms with Gasteiger partial charge in [-0.25, -0.2) is 0 Å². The molecule has 0 unspecified atom stereocenters. The molecule has 2 nitrogen and oxygen atoms in total. The van der Waals surface area contributed by atoms with Crippen molar-refractivity contribution in [3.05, 3.63) is 59.7 Å². The molecule has 0 fully saturated rings. The van der Waals surface area contributed by atoms with Crippen LogP contribution in [0.1, 0.15) is 30.9 Å². The molecule has 0 aromatic heterocycles. The number of nitrogens with zero attached hydrogens (tertiary/aromatic N) is 1. The lowest BCUT2D eigenvalue weighted by molar-refractivity contribution is 0.869. The van der Waals surface area contributed by atoms with E-state index in [0.29, 0.717) is 5.92 Å². The smallest absolute Gasteiger partial charge is 0.177 e. The van der Waals surface area contributed by atoms with Gasteiger partial charge in [0.1, 0.15) is 0 Å². The second-order valence-corrected chi connectivity index (χ2v) is 6.09. The fraction of sp³-hybridized carbons (Fsp3) is 0.278. The van der Waals surface area contributed by atoms with Crippen molar-refractivity contribution in [1.82, 2.24) is 0 Å². The largest absolute Gasteiger partial charge is 0.332 e. The summed E-state index contributed by atoms with van der Waals surface area (Å²) in [6, 6.07) is 16.9. The minimum absolute atomic E-state index is 0.474. The number of para-hydroxylation sites is 2. The summed E-state index contributed by atoms with van der Waals surface area (Å²) in [4.78, 5) is 2.20. The van der Waals surface area contributed by atoms with Crippen molar-refractivity contribution in [3.8, 4) is 0 Å². The van der Waals surface area contributed by atoms with Crippen molar-refractivity contribution >= 4 is 28.7 Å². The standard InChI is InChI=1S/C18H20N2S/c1-13(2)15-8-4-5-9-16(15)19-18(21)20-12-11-14-7-3-6-10-17(14)20/h3-10,13H,11-12H2,1-2H3,(H,19,21). The number of benzene rings is 2. The topological polar surface area (TPSA) is 15.3 Å². The zero-order chi connectivity index (χ0) is 14.8. The zero-order valence-corrected chi connectivity index (χ0v) is 13.3. The fourth-order valence-corrected chi connectivity index (χ4v) is 3.15. The number of hydrogen-bond donors (Lipinski definition) is 1. The van der Waals surface area contributed by atoms with Crippen LogP contribution in [0.25, 0.3) is 0 Å². The van der Waals surface area contributed by atoms with Crippen LogP contribution in [-0.4, -0.2) is 11.7 Å². The molecule has 0 bridgehead atoms. The van der Waals surface area contributed by atoms with E-state index in [1.54, 1.807) is 0 Å². The number of nitrogens with one attached hydrogen (secondary N) is 1. The van der Waals surface area contributed by atoms with Crippen molar-refractivity contribution in [1.29, 1.82) is 0 Å². The number of rotatable bonds is 2. The first-order chi connectivity index (χ1) is 10.2. The Morgan fingerprint density at radius 2 is 1.81 bits per heavy atom. The second kappa shape index (κ2) is 5.86. The quantitative estimate of drug-likeness (QED) is 0.817.